The van der Waals surface area contributed by atoms with Crippen LogP contribution in [0.3, 0.4) is 0 Å². The average molecular weight is 455 g/mol. The van der Waals surface area contributed by atoms with Crippen LogP contribution in [0, 0.1) is 5.92 Å². The number of nitrogens with one attached hydrogen (secondary N) is 1. The van der Waals surface area contributed by atoms with E-state index in [2.05, 4.69) is 20.4 Å². The zero-order chi connectivity index (χ0) is 22.3. The number of ether oxygens (including phenoxy) is 1. The van der Waals surface area contributed by atoms with Crippen molar-refractivity contribution >= 4 is 17.5 Å². The van der Waals surface area contributed by atoms with Gasteiger partial charge in [-0.1, -0.05) is 47.1 Å². The number of para-hydroxylation sites is 1. The van der Waals surface area contributed by atoms with Crippen molar-refractivity contribution in [3.63, 3.8) is 0 Å². The first-order chi connectivity index (χ1) is 15.6. The Labute approximate surface area is 192 Å². The van der Waals surface area contributed by atoms with Crippen LogP contribution >= 0.6 is 11.6 Å². The normalized spacial score (nSPS) is 17.6. The summed E-state index contributed by atoms with van der Waals surface area (Å²) in [6.45, 7) is 4.46. The molecule has 8 heteroatoms. The van der Waals surface area contributed by atoms with E-state index in [1.807, 2.05) is 49.4 Å². The maximum Gasteiger partial charge on any atom is 0.241 e. The van der Waals surface area contributed by atoms with Gasteiger partial charge in [0.2, 0.25) is 17.6 Å². The molecule has 0 radical (unpaired) electrons. The van der Waals surface area contributed by atoms with E-state index in [-0.39, 0.29) is 17.9 Å². The van der Waals surface area contributed by atoms with Gasteiger partial charge in [-0.25, -0.2) is 0 Å². The van der Waals surface area contributed by atoms with Crippen molar-refractivity contribution in [1.29, 1.82) is 0 Å². The van der Waals surface area contributed by atoms with Gasteiger partial charge in [0.25, 0.3) is 0 Å². The third-order valence-electron chi connectivity index (χ3n) is 5.42. The first-order valence-electron chi connectivity index (χ1n) is 10.9. The molecule has 0 spiro atoms. The van der Waals surface area contributed by atoms with Crippen LogP contribution < -0.4 is 10.1 Å². The highest BCUT2D eigenvalue weighted by Crippen LogP contribution is 2.22. The second-order valence-electron chi connectivity index (χ2n) is 8.13. The number of carbonyl (C=O) groups is 1. The second kappa shape index (κ2) is 10.6. The number of halogens is 1. The van der Waals surface area contributed by atoms with Crippen molar-refractivity contribution in [1.82, 2.24) is 20.4 Å². The Kier molecular flexibility index (Phi) is 7.39. The van der Waals surface area contributed by atoms with Crippen molar-refractivity contribution in [2.24, 2.45) is 5.92 Å². The summed E-state index contributed by atoms with van der Waals surface area (Å²) in [4.78, 5) is 19.5. The number of amides is 1. The number of aromatic nitrogens is 2. The molecule has 0 aliphatic carbocycles. The van der Waals surface area contributed by atoms with E-state index < -0.39 is 0 Å². The number of carbonyl (C=O) groups excluding carboxylic acids is 1. The van der Waals surface area contributed by atoms with Gasteiger partial charge in [-0.15, -0.1) is 0 Å². The molecule has 0 bridgehead atoms. The third kappa shape index (κ3) is 6.08. The molecule has 2 heterocycles. The number of rotatable bonds is 8. The lowest BCUT2D eigenvalue weighted by atomic mass is 9.97. The Balaban J connectivity index is 1.27. The molecule has 168 valence electrons. The predicted octanol–water partition coefficient (Wildman–Crippen LogP) is 4.19. The zero-order valence-corrected chi connectivity index (χ0v) is 18.8. The summed E-state index contributed by atoms with van der Waals surface area (Å²) < 4.78 is 11.2. The van der Waals surface area contributed by atoms with Gasteiger partial charge in [-0.3, -0.25) is 9.69 Å². The summed E-state index contributed by atoms with van der Waals surface area (Å²) in [5.41, 5.74) is 0.815. The Hall–Kier alpha value is -2.90. The van der Waals surface area contributed by atoms with Crippen molar-refractivity contribution in [2.75, 3.05) is 19.7 Å². The number of likely N-dealkylation sites (tertiary alicyclic amines) is 1. The number of hydrogen-bond donors (Lipinski definition) is 1. The van der Waals surface area contributed by atoms with Crippen LogP contribution in [0.4, 0.5) is 0 Å². The minimum atomic E-state index is -0.0747. The minimum Gasteiger partial charge on any atom is -0.491 e. The van der Waals surface area contributed by atoms with Crippen LogP contribution in [0.15, 0.2) is 59.1 Å². The molecule has 7 nitrogen and oxygen atoms in total. The van der Waals surface area contributed by atoms with Crippen LogP contribution in [-0.4, -0.2) is 46.7 Å². The Bertz CT molecular complexity index is 1030. The molecular formula is C24H27ClN4O3. The molecule has 1 N–H and O–H groups in total. The zero-order valence-electron chi connectivity index (χ0n) is 18.0. The van der Waals surface area contributed by atoms with Crippen LogP contribution in [-0.2, 0) is 11.3 Å². The van der Waals surface area contributed by atoms with Gasteiger partial charge in [0.1, 0.15) is 12.4 Å². The fourth-order valence-electron chi connectivity index (χ4n) is 3.81. The highest BCUT2D eigenvalue weighted by atomic mass is 35.5. The molecule has 2 aromatic carbocycles. The van der Waals surface area contributed by atoms with Gasteiger partial charge < -0.3 is 14.6 Å². The molecule has 2 atom stereocenters. The van der Waals surface area contributed by atoms with Crippen molar-refractivity contribution in [2.45, 2.75) is 32.4 Å². The smallest absolute Gasteiger partial charge is 0.241 e. The topological polar surface area (TPSA) is 80.5 Å². The molecule has 1 aliphatic rings. The molecule has 0 saturated carbocycles. The number of hydrogen-bond acceptors (Lipinski definition) is 6. The van der Waals surface area contributed by atoms with E-state index in [1.165, 1.54) is 0 Å². The SMILES string of the molecule is CC(COc1ccccc1)NC(=O)C1CCCN(Cc2nc(-c3cccc(Cl)c3)no2)C1. The molecule has 1 amide bonds. The van der Waals surface area contributed by atoms with Crippen LogP contribution in [0.1, 0.15) is 25.7 Å². The predicted molar refractivity (Wildman–Crippen MR) is 122 cm³/mol. The van der Waals surface area contributed by atoms with Crippen LogP contribution in [0.25, 0.3) is 11.4 Å². The first kappa shape index (κ1) is 22.3. The van der Waals surface area contributed by atoms with Gasteiger partial charge in [0.15, 0.2) is 0 Å². The standard InChI is InChI=1S/C24H27ClN4O3/c1-17(16-31-21-10-3-2-4-11-21)26-24(30)19-8-6-12-29(14-19)15-22-27-23(28-32-22)18-7-5-9-20(25)13-18/h2-5,7,9-11,13,17,19H,6,8,12,14-16H2,1H3,(H,26,30). The number of nitrogens with zero attached hydrogens (tertiary/aromatic N) is 3. The highest BCUT2D eigenvalue weighted by molar-refractivity contribution is 6.30. The largest absolute Gasteiger partial charge is 0.491 e. The van der Waals surface area contributed by atoms with E-state index in [4.69, 9.17) is 20.9 Å². The second-order valence-corrected chi connectivity index (χ2v) is 8.57. The van der Waals surface area contributed by atoms with Crippen molar-refractivity contribution in [3.05, 3.63) is 65.5 Å². The minimum absolute atomic E-state index is 0.0593. The first-order valence-corrected chi connectivity index (χ1v) is 11.2. The lowest BCUT2D eigenvalue weighted by Crippen LogP contribution is -2.46. The quantitative estimate of drug-likeness (QED) is 0.549. The molecule has 1 saturated heterocycles. The van der Waals surface area contributed by atoms with Crippen molar-refractivity contribution < 1.29 is 14.1 Å². The Morgan fingerprint density at radius 1 is 1.28 bits per heavy atom. The van der Waals surface area contributed by atoms with Gasteiger partial charge >= 0.3 is 0 Å². The molecule has 2 unspecified atom stereocenters. The van der Waals surface area contributed by atoms with E-state index in [1.54, 1.807) is 12.1 Å². The summed E-state index contributed by atoms with van der Waals surface area (Å²) in [7, 11) is 0. The molecule has 1 aliphatic heterocycles. The third-order valence-corrected chi connectivity index (χ3v) is 5.65. The fourth-order valence-corrected chi connectivity index (χ4v) is 4.00. The number of piperidine rings is 1. The van der Waals surface area contributed by atoms with E-state index in [0.29, 0.717) is 36.4 Å². The molecule has 32 heavy (non-hydrogen) atoms. The Morgan fingerprint density at radius 3 is 2.94 bits per heavy atom. The number of benzene rings is 2. The lowest BCUT2D eigenvalue weighted by Gasteiger charge is -2.31. The van der Waals surface area contributed by atoms with Crippen molar-refractivity contribution in [3.8, 4) is 17.1 Å². The molecule has 1 aromatic heterocycles. The van der Waals surface area contributed by atoms with E-state index >= 15 is 0 Å². The maximum atomic E-state index is 12.8. The van der Waals surface area contributed by atoms with Gasteiger partial charge in [0, 0.05) is 17.1 Å². The van der Waals surface area contributed by atoms with Gasteiger partial charge in [0.05, 0.1) is 18.5 Å². The molecule has 1 fully saturated rings. The van der Waals surface area contributed by atoms with E-state index in [0.717, 1.165) is 30.7 Å². The van der Waals surface area contributed by atoms with E-state index in [9.17, 15) is 4.79 Å². The maximum absolute atomic E-state index is 12.8. The van der Waals surface area contributed by atoms with Gasteiger partial charge in [-0.05, 0) is 50.6 Å². The summed E-state index contributed by atoms with van der Waals surface area (Å²) in [6.07, 6.45) is 1.81. The lowest BCUT2D eigenvalue weighted by molar-refractivity contribution is -0.127. The molecular weight excluding hydrogens is 428 g/mol. The average Bonchev–Trinajstić information content (AvgIpc) is 3.27. The van der Waals surface area contributed by atoms with Crippen LogP contribution in [0.5, 0.6) is 5.75 Å². The van der Waals surface area contributed by atoms with Gasteiger partial charge in [-0.2, -0.15) is 4.98 Å². The summed E-state index contributed by atoms with van der Waals surface area (Å²) in [5, 5.41) is 7.78. The fraction of sp³-hybridized carbons (Fsp3) is 0.375. The summed E-state index contributed by atoms with van der Waals surface area (Å²) in [5.74, 6) is 1.84. The monoisotopic (exact) mass is 454 g/mol. The Morgan fingerprint density at radius 2 is 2.12 bits per heavy atom. The highest BCUT2D eigenvalue weighted by Gasteiger charge is 2.27. The van der Waals surface area contributed by atoms with Crippen LogP contribution in [0.2, 0.25) is 5.02 Å². The molecule has 4 rings (SSSR count). The summed E-state index contributed by atoms with van der Waals surface area (Å²) in [6, 6.07) is 16.9. The molecule has 3 aromatic rings. The summed E-state index contributed by atoms with van der Waals surface area (Å²) >= 11 is 6.05.